The van der Waals surface area contributed by atoms with Crippen LogP contribution in [-0.2, 0) is 36.6 Å². The van der Waals surface area contributed by atoms with Crippen molar-refractivity contribution in [1.29, 1.82) is 0 Å². The molecule has 5 nitrogen and oxygen atoms in total. The number of hydrogen-bond acceptors (Lipinski definition) is 5. The van der Waals surface area contributed by atoms with Gasteiger partial charge in [-0.1, -0.05) is 0 Å². The summed E-state index contributed by atoms with van der Waals surface area (Å²) < 4.78 is 0. The first-order chi connectivity index (χ1) is 5.24. The van der Waals surface area contributed by atoms with Crippen molar-refractivity contribution in [2.24, 2.45) is 0 Å². The molecule has 65 valence electrons. The third kappa shape index (κ3) is 3.53. The van der Waals surface area contributed by atoms with Gasteiger partial charge in [-0.2, -0.15) is 0 Å². The van der Waals surface area contributed by atoms with Crippen LogP contribution in [0.1, 0.15) is 0 Å². The molecule has 11 heavy (non-hydrogen) atoms. The van der Waals surface area contributed by atoms with Crippen LogP contribution >= 0.6 is 0 Å². The molecule has 0 atom stereocenters. The minimum absolute atomic E-state index is 0.109. The molecule has 0 aromatic rings. The van der Waals surface area contributed by atoms with Crippen LogP contribution in [0.15, 0.2) is 0 Å². The molecular weight excluding hydrogens is 199 g/mol. The molecule has 0 rings (SSSR count). The van der Waals surface area contributed by atoms with Crippen LogP contribution in [0.5, 0.6) is 0 Å². The average molecular weight is 205 g/mol. The molecule has 0 aromatic carbocycles. The van der Waals surface area contributed by atoms with Crippen molar-refractivity contribution in [1.82, 2.24) is 0 Å². The topological polar surface area (TPSA) is 85.3 Å². The molecule has 0 saturated heterocycles. The zero-order valence-corrected chi connectivity index (χ0v) is 6.43. The maximum atomic E-state index is 9.88. The average Bonchev–Trinajstić information content (AvgIpc) is 2.13. The third-order valence-corrected chi connectivity index (χ3v) is 2.24. The molecule has 0 unspecified atom stereocenters. The minimum atomic E-state index is -3.12. The molecule has 0 aliphatic carbocycles. The molecule has 0 aliphatic heterocycles. The van der Waals surface area contributed by atoms with Crippen LogP contribution in [0, 0.1) is 0 Å². The zero-order valence-electron chi connectivity index (χ0n) is 5.39. The molecule has 0 fully saturated rings. The van der Waals surface area contributed by atoms with E-state index in [2.05, 4.69) is 0 Å². The molecule has 0 aliphatic rings. The Morgan fingerprint density at radius 3 is 0.909 bits per heavy atom. The van der Waals surface area contributed by atoms with Gasteiger partial charge >= 0.3 is 52.7 Å². The summed E-state index contributed by atoms with van der Waals surface area (Å²) in [5.41, 5.74) is 0. The normalized spacial score (nSPS) is 9.82. The van der Waals surface area contributed by atoms with Crippen molar-refractivity contribution < 1.29 is 36.6 Å². The Morgan fingerprint density at radius 2 is 0.909 bits per heavy atom. The Bertz CT molecular complexity index is 129. The Balaban J connectivity index is 0. The van der Waals surface area contributed by atoms with Crippen LogP contribution in [0.2, 0.25) is 0 Å². The van der Waals surface area contributed by atoms with E-state index in [4.69, 9.17) is 4.79 Å². The Hall–Kier alpha value is -1.14. The van der Waals surface area contributed by atoms with E-state index in [0.717, 1.165) is 0 Å². The Morgan fingerprint density at radius 1 is 0.727 bits per heavy atom. The monoisotopic (exact) mass is 205 g/mol. The summed E-state index contributed by atoms with van der Waals surface area (Å²) in [5.74, 6) is 0. The van der Waals surface area contributed by atoms with E-state index in [0.29, 0.717) is 0 Å². The van der Waals surface area contributed by atoms with Gasteiger partial charge in [0.25, 0.3) is 0 Å². The van der Waals surface area contributed by atoms with Crippen molar-refractivity contribution in [3.63, 3.8) is 0 Å². The maximum absolute atomic E-state index is 9.88. The van der Waals surface area contributed by atoms with Crippen LogP contribution in [-0.4, -0.2) is 27.7 Å². The van der Waals surface area contributed by atoms with Gasteiger partial charge in [-0.15, -0.1) is 0 Å². The fourth-order valence-corrected chi connectivity index (χ4v) is 0.458. The van der Waals surface area contributed by atoms with Gasteiger partial charge in [0.15, 0.2) is 0 Å². The number of carbonyl (C=O) groups is 5. The molecule has 0 amide bonds. The van der Waals surface area contributed by atoms with E-state index in [1.165, 1.54) is 0 Å². The van der Waals surface area contributed by atoms with E-state index in [9.17, 15) is 19.2 Å². The van der Waals surface area contributed by atoms with Crippen molar-refractivity contribution in [2.75, 3.05) is 0 Å². The summed E-state index contributed by atoms with van der Waals surface area (Å²) in [5, 5.41) is 0.438. The summed E-state index contributed by atoms with van der Waals surface area (Å²) in [6.07, 6.45) is 0. The second-order valence-electron chi connectivity index (χ2n) is 0.981. The van der Waals surface area contributed by atoms with Gasteiger partial charge in [0.05, 0.1) is 0 Å². The fourth-order valence-electron chi connectivity index (χ4n) is 0.111. The van der Waals surface area contributed by atoms with Crippen LogP contribution < -0.4 is 0 Å². The van der Waals surface area contributed by atoms with Crippen LogP contribution in [0.4, 0.5) is 0 Å². The zero-order chi connectivity index (χ0) is 9.33. The summed E-state index contributed by atoms with van der Waals surface area (Å²) in [6, 6.07) is 0. The van der Waals surface area contributed by atoms with Gasteiger partial charge in [0, 0.05) is 0 Å². The first kappa shape index (κ1) is 12.5. The molecule has 0 radical (unpaired) electrons. The molecule has 0 saturated carbocycles. The van der Waals surface area contributed by atoms with E-state index >= 15 is 0 Å². The van der Waals surface area contributed by atoms with Gasteiger partial charge in [-0.25, -0.2) is 0 Å². The van der Waals surface area contributed by atoms with Gasteiger partial charge in [0.2, 0.25) is 0 Å². The SMILES string of the molecule is C=O.O=[CH][Co]([CH]=O)([CH]=O)[CH]=O. The first-order valence-electron chi connectivity index (χ1n) is 2.00. The van der Waals surface area contributed by atoms with E-state index in [1.54, 1.807) is 0 Å². The molecular formula is C5H6CoO5. The first-order valence-corrected chi connectivity index (χ1v) is 4.41. The number of carbonyl (C=O) groups excluding carboxylic acids is 5. The molecule has 0 bridgehead atoms. The van der Waals surface area contributed by atoms with Gasteiger partial charge in [0.1, 0.15) is 6.79 Å². The van der Waals surface area contributed by atoms with Crippen molar-refractivity contribution in [3.8, 4) is 0 Å². The predicted molar refractivity (Wildman–Crippen MR) is 34.1 cm³/mol. The summed E-state index contributed by atoms with van der Waals surface area (Å²) in [6.45, 7) is 2.00. The predicted octanol–water partition coefficient (Wildman–Crippen LogP) is -1.28. The van der Waals surface area contributed by atoms with Crippen molar-refractivity contribution >= 4 is 27.7 Å². The number of rotatable bonds is 4. The fraction of sp³-hybridized carbons (Fsp3) is 0. The number of hydrogen-bond donors (Lipinski definition) is 0. The molecule has 0 heterocycles. The summed E-state index contributed by atoms with van der Waals surface area (Å²) in [4.78, 5) is 47.5. The van der Waals surface area contributed by atoms with E-state index in [1.807, 2.05) is 6.79 Å². The van der Waals surface area contributed by atoms with Gasteiger partial charge in [-0.05, 0) is 0 Å². The quantitative estimate of drug-likeness (QED) is 0.533. The standard InChI is InChI=1S/CH2O.4CHO.Co/c5*1-2;/h1H2;4*1H;. The van der Waals surface area contributed by atoms with Crippen LogP contribution in [0.25, 0.3) is 0 Å². The molecule has 0 spiro atoms. The molecule has 0 N–H and O–H groups in total. The Labute approximate surface area is 64.9 Å². The third-order valence-electron chi connectivity index (χ3n) is 0.544. The second-order valence-corrected chi connectivity index (χ2v) is 4.04. The van der Waals surface area contributed by atoms with Gasteiger partial charge in [-0.3, -0.25) is 0 Å². The van der Waals surface area contributed by atoms with Gasteiger partial charge < -0.3 is 4.79 Å². The Kier molecular flexibility index (Phi) is 7.94. The van der Waals surface area contributed by atoms with E-state index in [-0.39, 0.29) is 20.9 Å². The molecule has 0 aromatic heterocycles. The van der Waals surface area contributed by atoms with Crippen molar-refractivity contribution in [2.45, 2.75) is 0 Å². The molecule has 6 heteroatoms. The summed E-state index contributed by atoms with van der Waals surface area (Å²) in [7, 11) is 0. The van der Waals surface area contributed by atoms with E-state index < -0.39 is 12.6 Å². The van der Waals surface area contributed by atoms with Crippen molar-refractivity contribution in [3.05, 3.63) is 0 Å². The summed E-state index contributed by atoms with van der Waals surface area (Å²) >= 11 is -3.12. The van der Waals surface area contributed by atoms with Crippen LogP contribution in [0.3, 0.4) is 0 Å². The second kappa shape index (κ2) is 6.97.